The van der Waals surface area contributed by atoms with E-state index < -0.39 is 5.97 Å². The zero-order valence-electron chi connectivity index (χ0n) is 15.4. The number of carbonyl (C=O) groups is 2. The van der Waals surface area contributed by atoms with E-state index in [0.29, 0.717) is 18.8 Å². The van der Waals surface area contributed by atoms with Gasteiger partial charge in [0.25, 0.3) is 5.97 Å². The van der Waals surface area contributed by atoms with E-state index in [9.17, 15) is 4.79 Å². The van der Waals surface area contributed by atoms with Gasteiger partial charge in [-0.15, -0.1) is 0 Å². The lowest BCUT2D eigenvalue weighted by atomic mass is 10.1. The number of nitrogen functional groups attached to an aromatic ring is 1. The number of ether oxygens (including phenoxy) is 1. The Kier molecular flexibility index (Phi) is 7.61. The van der Waals surface area contributed by atoms with Crippen LogP contribution in [0, 0.1) is 0 Å². The van der Waals surface area contributed by atoms with Crippen molar-refractivity contribution in [2.24, 2.45) is 0 Å². The van der Waals surface area contributed by atoms with E-state index in [1.54, 1.807) is 6.07 Å². The fourth-order valence-corrected chi connectivity index (χ4v) is 2.71. The minimum Gasteiger partial charge on any atom is -0.491 e. The molecule has 1 aromatic heterocycles. The number of nitrogens with zero attached hydrogens (tertiary/aromatic N) is 1. The van der Waals surface area contributed by atoms with E-state index in [-0.39, 0.29) is 11.9 Å². The lowest BCUT2D eigenvalue weighted by Crippen LogP contribution is -2.42. The number of nitrogens with one attached hydrogen (secondary N) is 1. The van der Waals surface area contributed by atoms with E-state index >= 15 is 0 Å². The summed E-state index contributed by atoms with van der Waals surface area (Å²) in [5.41, 5.74) is 7.80. The molecule has 27 heavy (non-hydrogen) atoms. The van der Waals surface area contributed by atoms with Gasteiger partial charge in [-0.25, -0.2) is 4.98 Å². The average Bonchev–Trinajstić information content (AvgIpc) is 2.61. The molecule has 1 saturated heterocycles. The number of benzene rings is 1. The molecule has 2 heterocycles. The summed E-state index contributed by atoms with van der Waals surface area (Å²) in [6.07, 6.45) is 3.28. The van der Waals surface area contributed by atoms with Crippen molar-refractivity contribution in [3.63, 3.8) is 0 Å². The van der Waals surface area contributed by atoms with Gasteiger partial charge in [-0.05, 0) is 42.7 Å². The number of carboxylic acids is 1. The molecule has 7 nitrogen and oxygen atoms in total. The number of pyridine rings is 1. The standard InChI is InChI=1S/C18H21N3O2.C2H4O2/c19-17-5-1-3-14(20-17)11-13-7-9-16(10-8-13)23-12-15-4-2-6-18(22)21-15;1-2(3)4/h1,3,5,7-10,15H,2,4,6,11-12H2,(H2,19,20)(H,21,22);1H3,(H,3,4)/t15-;/m0./s1. The van der Waals surface area contributed by atoms with Crippen molar-refractivity contribution >= 4 is 17.7 Å². The van der Waals surface area contributed by atoms with Gasteiger partial charge in [0.1, 0.15) is 18.2 Å². The Labute approximate surface area is 158 Å². The Morgan fingerprint density at radius 1 is 1.30 bits per heavy atom. The summed E-state index contributed by atoms with van der Waals surface area (Å²) in [4.78, 5) is 24.6. The summed E-state index contributed by atoms with van der Waals surface area (Å²) in [6.45, 7) is 1.60. The number of hydrogen-bond donors (Lipinski definition) is 3. The second-order valence-electron chi connectivity index (χ2n) is 6.36. The molecule has 1 aliphatic rings. The predicted molar refractivity (Wildman–Crippen MR) is 102 cm³/mol. The Hall–Kier alpha value is -3.09. The van der Waals surface area contributed by atoms with Crippen LogP contribution in [0.25, 0.3) is 0 Å². The summed E-state index contributed by atoms with van der Waals surface area (Å²) < 4.78 is 5.77. The third kappa shape index (κ3) is 7.77. The summed E-state index contributed by atoms with van der Waals surface area (Å²) in [6, 6.07) is 13.7. The monoisotopic (exact) mass is 371 g/mol. The van der Waals surface area contributed by atoms with Crippen LogP contribution in [-0.4, -0.2) is 34.6 Å². The Bertz CT molecular complexity index is 758. The highest BCUT2D eigenvalue weighted by atomic mass is 16.5. The van der Waals surface area contributed by atoms with E-state index in [0.717, 1.165) is 43.2 Å². The van der Waals surface area contributed by atoms with Gasteiger partial charge in [0.05, 0.1) is 6.04 Å². The van der Waals surface area contributed by atoms with Gasteiger partial charge in [-0.3, -0.25) is 9.59 Å². The molecule has 1 fully saturated rings. The highest BCUT2D eigenvalue weighted by Crippen LogP contribution is 2.16. The van der Waals surface area contributed by atoms with Gasteiger partial charge < -0.3 is 20.9 Å². The van der Waals surface area contributed by atoms with Crippen LogP contribution in [0.4, 0.5) is 5.82 Å². The highest BCUT2D eigenvalue weighted by Gasteiger charge is 2.18. The molecule has 1 aromatic carbocycles. The maximum absolute atomic E-state index is 11.3. The second-order valence-corrected chi connectivity index (χ2v) is 6.36. The van der Waals surface area contributed by atoms with E-state index in [4.69, 9.17) is 20.4 Å². The molecule has 4 N–H and O–H groups in total. The molecule has 0 spiro atoms. The quantitative estimate of drug-likeness (QED) is 0.743. The first-order valence-corrected chi connectivity index (χ1v) is 8.84. The molecule has 1 aliphatic heterocycles. The molecule has 7 heteroatoms. The van der Waals surface area contributed by atoms with Gasteiger partial charge >= 0.3 is 0 Å². The first-order valence-electron chi connectivity index (χ1n) is 8.84. The summed E-state index contributed by atoms with van der Waals surface area (Å²) in [5.74, 6) is 0.640. The number of carbonyl (C=O) groups excluding carboxylic acids is 1. The second kappa shape index (κ2) is 10.2. The number of amides is 1. The van der Waals surface area contributed by atoms with Crippen LogP contribution in [0.1, 0.15) is 37.4 Å². The number of carboxylic acid groups (broad SMARTS) is 1. The number of anilines is 1. The van der Waals surface area contributed by atoms with Crippen molar-refractivity contribution in [3.8, 4) is 5.75 Å². The molecule has 0 saturated carbocycles. The van der Waals surface area contributed by atoms with Gasteiger partial charge in [-0.2, -0.15) is 0 Å². The van der Waals surface area contributed by atoms with Crippen molar-refractivity contribution in [2.45, 2.75) is 38.6 Å². The molecule has 144 valence electrons. The predicted octanol–water partition coefficient (Wildman–Crippen LogP) is 2.39. The minimum atomic E-state index is -0.833. The summed E-state index contributed by atoms with van der Waals surface area (Å²) >= 11 is 0. The normalized spacial score (nSPS) is 15.9. The first kappa shape index (κ1) is 20.2. The first-order chi connectivity index (χ1) is 12.9. The van der Waals surface area contributed by atoms with Crippen LogP contribution in [0.15, 0.2) is 42.5 Å². The zero-order valence-corrected chi connectivity index (χ0v) is 15.4. The van der Waals surface area contributed by atoms with Crippen molar-refractivity contribution in [1.82, 2.24) is 10.3 Å². The molecule has 1 amide bonds. The molecule has 1 atom stereocenters. The molecule has 0 unspecified atom stereocenters. The summed E-state index contributed by atoms with van der Waals surface area (Å²) in [5, 5.41) is 10.4. The molecular weight excluding hydrogens is 346 g/mol. The van der Waals surface area contributed by atoms with Crippen LogP contribution < -0.4 is 15.8 Å². The fraction of sp³-hybridized carbons (Fsp3) is 0.350. The minimum absolute atomic E-state index is 0.118. The van der Waals surface area contributed by atoms with Crippen molar-refractivity contribution in [1.29, 1.82) is 0 Å². The number of rotatable bonds is 5. The van der Waals surface area contributed by atoms with Gasteiger partial charge in [0, 0.05) is 25.5 Å². The molecule has 3 rings (SSSR count). The van der Waals surface area contributed by atoms with Gasteiger partial charge in [0.2, 0.25) is 5.91 Å². The van der Waals surface area contributed by atoms with Gasteiger partial charge in [-0.1, -0.05) is 18.2 Å². The molecular formula is C20H25N3O4. The third-order valence-corrected chi connectivity index (χ3v) is 3.91. The van der Waals surface area contributed by atoms with Crippen molar-refractivity contribution in [2.75, 3.05) is 12.3 Å². The maximum atomic E-state index is 11.3. The Balaban J connectivity index is 0.000000596. The number of nitrogens with two attached hydrogens (primary N) is 1. The van der Waals surface area contributed by atoms with E-state index in [1.165, 1.54) is 0 Å². The summed E-state index contributed by atoms with van der Waals surface area (Å²) in [7, 11) is 0. The van der Waals surface area contributed by atoms with E-state index in [2.05, 4.69) is 10.3 Å². The van der Waals surface area contributed by atoms with Gasteiger partial charge in [0.15, 0.2) is 0 Å². The van der Waals surface area contributed by atoms with Crippen molar-refractivity contribution in [3.05, 3.63) is 53.7 Å². The maximum Gasteiger partial charge on any atom is 0.300 e. The van der Waals surface area contributed by atoms with Crippen LogP contribution >= 0.6 is 0 Å². The fourth-order valence-electron chi connectivity index (χ4n) is 2.71. The number of aromatic nitrogens is 1. The lowest BCUT2D eigenvalue weighted by Gasteiger charge is -2.23. The largest absolute Gasteiger partial charge is 0.491 e. The smallest absolute Gasteiger partial charge is 0.300 e. The zero-order chi connectivity index (χ0) is 19.6. The van der Waals surface area contributed by atoms with Crippen molar-refractivity contribution < 1.29 is 19.4 Å². The Morgan fingerprint density at radius 2 is 2.00 bits per heavy atom. The SMILES string of the molecule is CC(=O)O.Nc1cccc(Cc2ccc(OC[C@@H]3CCCC(=O)N3)cc2)n1. The average molecular weight is 371 g/mol. The van der Waals surface area contributed by atoms with Crippen LogP contribution in [0.5, 0.6) is 5.75 Å². The number of piperidine rings is 1. The molecule has 0 aliphatic carbocycles. The van der Waals surface area contributed by atoms with Crippen LogP contribution in [0.2, 0.25) is 0 Å². The molecule has 0 radical (unpaired) electrons. The topological polar surface area (TPSA) is 115 Å². The van der Waals surface area contributed by atoms with Crippen LogP contribution in [-0.2, 0) is 16.0 Å². The lowest BCUT2D eigenvalue weighted by molar-refractivity contribution is -0.134. The molecule has 2 aromatic rings. The Morgan fingerprint density at radius 3 is 2.63 bits per heavy atom. The number of aliphatic carboxylic acids is 1. The number of hydrogen-bond acceptors (Lipinski definition) is 5. The molecule has 0 bridgehead atoms. The van der Waals surface area contributed by atoms with Crippen LogP contribution in [0.3, 0.4) is 0 Å². The van der Waals surface area contributed by atoms with E-state index in [1.807, 2.05) is 36.4 Å². The third-order valence-electron chi connectivity index (χ3n) is 3.91. The highest BCUT2D eigenvalue weighted by molar-refractivity contribution is 5.76.